The number of carbonyl (C=O) groups excluding carboxylic acids is 1. The average Bonchev–Trinajstić information content (AvgIpc) is 3.42. The molecular weight excluding hydrogens is 514 g/mol. The molecule has 206 valence electrons. The van der Waals surface area contributed by atoms with Gasteiger partial charge in [-0.15, -0.1) is 11.3 Å². The fourth-order valence-corrected chi connectivity index (χ4v) is 6.34. The minimum atomic E-state index is -3.79. The molecule has 1 amide bonds. The number of likely N-dealkylation sites (N-methyl/N-ethyl adjacent to an activating group) is 1. The third-order valence-corrected chi connectivity index (χ3v) is 9.25. The first kappa shape index (κ1) is 29.4. The third-order valence-electron chi connectivity index (χ3n) is 6.47. The number of aliphatic hydroxyl groups is 1. The van der Waals surface area contributed by atoms with Gasteiger partial charge in [0.25, 0.3) is 15.9 Å². The fraction of sp³-hybridized carbons (Fsp3) is 0.577. The molecule has 2 heterocycles. The van der Waals surface area contributed by atoms with Gasteiger partial charge in [-0.25, -0.2) is 8.42 Å². The van der Waals surface area contributed by atoms with E-state index in [9.17, 15) is 18.3 Å². The van der Waals surface area contributed by atoms with Crippen molar-refractivity contribution in [3.63, 3.8) is 0 Å². The van der Waals surface area contributed by atoms with E-state index in [0.717, 1.165) is 30.6 Å². The van der Waals surface area contributed by atoms with Gasteiger partial charge < -0.3 is 24.8 Å². The monoisotopic (exact) mass is 553 g/mol. The Balaban J connectivity index is 2.01. The summed E-state index contributed by atoms with van der Waals surface area (Å²) in [7, 11) is -1.92. The quantitative estimate of drug-likeness (QED) is 0.480. The van der Waals surface area contributed by atoms with Crippen LogP contribution in [0.5, 0.6) is 5.75 Å². The lowest BCUT2D eigenvalue weighted by molar-refractivity contribution is -0.000450. The van der Waals surface area contributed by atoms with Crippen molar-refractivity contribution in [3.05, 3.63) is 41.3 Å². The van der Waals surface area contributed by atoms with E-state index in [0.29, 0.717) is 25.4 Å². The summed E-state index contributed by atoms with van der Waals surface area (Å²) in [6.45, 7) is 7.17. The van der Waals surface area contributed by atoms with Crippen LogP contribution in [0.3, 0.4) is 0 Å². The van der Waals surface area contributed by atoms with Crippen molar-refractivity contribution in [2.75, 3.05) is 38.1 Å². The number of ether oxygens (including phenoxy) is 2. The molecule has 11 heteroatoms. The Hall–Kier alpha value is -2.18. The molecule has 1 aromatic carbocycles. The van der Waals surface area contributed by atoms with Crippen LogP contribution in [0.1, 0.15) is 50.4 Å². The molecule has 1 aliphatic heterocycles. The molecular formula is C26H39N3O6S2. The molecule has 37 heavy (non-hydrogen) atoms. The average molecular weight is 554 g/mol. The molecule has 4 atom stereocenters. The molecule has 1 aliphatic rings. The summed E-state index contributed by atoms with van der Waals surface area (Å²) in [5, 5.41) is 14.8. The van der Waals surface area contributed by atoms with E-state index in [-0.39, 0.29) is 46.1 Å². The number of amides is 1. The number of fused-ring (bicyclic) bond motifs is 1. The van der Waals surface area contributed by atoms with Crippen molar-refractivity contribution < 1.29 is 27.8 Å². The molecule has 3 N–H and O–H groups in total. The van der Waals surface area contributed by atoms with Crippen molar-refractivity contribution in [1.82, 2.24) is 10.2 Å². The van der Waals surface area contributed by atoms with Crippen molar-refractivity contribution in [1.29, 1.82) is 0 Å². The number of hydrogen-bond donors (Lipinski definition) is 3. The first-order chi connectivity index (χ1) is 17.7. The van der Waals surface area contributed by atoms with E-state index in [1.165, 1.54) is 12.1 Å². The number of benzene rings is 1. The molecule has 0 saturated carbocycles. The van der Waals surface area contributed by atoms with Gasteiger partial charge in [-0.2, -0.15) is 0 Å². The molecule has 0 spiro atoms. The maximum atomic E-state index is 14.0. The second kappa shape index (κ2) is 13.6. The lowest BCUT2D eigenvalue weighted by atomic mass is 10.0. The van der Waals surface area contributed by atoms with Crippen LogP contribution in [-0.4, -0.2) is 75.9 Å². The Bertz CT molecular complexity index is 1110. The zero-order valence-corrected chi connectivity index (χ0v) is 23.6. The summed E-state index contributed by atoms with van der Waals surface area (Å²) in [6, 6.07) is 7.49. The topological polar surface area (TPSA) is 117 Å². The van der Waals surface area contributed by atoms with Crippen molar-refractivity contribution in [3.8, 4) is 5.75 Å². The van der Waals surface area contributed by atoms with Crippen LogP contribution in [0.15, 0.2) is 39.9 Å². The lowest BCUT2D eigenvalue weighted by Gasteiger charge is -2.34. The van der Waals surface area contributed by atoms with Crippen LogP contribution in [0.2, 0.25) is 0 Å². The number of sulfonamides is 1. The van der Waals surface area contributed by atoms with Gasteiger partial charge in [0.1, 0.15) is 9.96 Å². The Kier molecular flexibility index (Phi) is 10.8. The lowest BCUT2D eigenvalue weighted by Crippen LogP contribution is -2.47. The molecule has 0 aliphatic carbocycles. The molecule has 2 aromatic rings. The summed E-state index contributed by atoms with van der Waals surface area (Å²) < 4.78 is 40.8. The predicted octanol–water partition coefficient (Wildman–Crippen LogP) is 3.56. The molecule has 0 bridgehead atoms. The number of rotatable bonds is 7. The molecule has 0 saturated heterocycles. The summed E-state index contributed by atoms with van der Waals surface area (Å²) in [5.74, 6) is 0.0321. The highest BCUT2D eigenvalue weighted by Crippen LogP contribution is 2.30. The Morgan fingerprint density at radius 1 is 1.24 bits per heavy atom. The van der Waals surface area contributed by atoms with Crippen molar-refractivity contribution >= 4 is 33.0 Å². The smallest absolute Gasteiger partial charge is 0.271 e. The van der Waals surface area contributed by atoms with Gasteiger partial charge in [0, 0.05) is 31.3 Å². The van der Waals surface area contributed by atoms with E-state index in [1.807, 2.05) is 20.9 Å². The fourth-order valence-electron chi connectivity index (χ4n) is 4.30. The van der Waals surface area contributed by atoms with Gasteiger partial charge in [0.05, 0.1) is 30.4 Å². The minimum absolute atomic E-state index is 0.0165. The SMILES string of the molecule is CNC[C@H]1OCCCC[C@@H](C)Oc2ccc(NS(=O)(=O)c3cccs3)cc2C(=O)N([C@H](C)CO)C[C@H]1C. The summed E-state index contributed by atoms with van der Waals surface area (Å²) in [5.41, 5.74) is 0.507. The van der Waals surface area contributed by atoms with Gasteiger partial charge in [0.15, 0.2) is 0 Å². The normalized spacial score (nSPS) is 23.0. The van der Waals surface area contributed by atoms with Gasteiger partial charge in [-0.1, -0.05) is 13.0 Å². The number of thiophene rings is 1. The first-order valence-corrected chi connectivity index (χ1v) is 15.1. The Labute approximate surface area is 224 Å². The molecule has 9 nitrogen and oxygen atoms in total. The Morgan fingerprint density at radius 3 is 2.70 bits per heavy atom. The van der Waals surface area contributed by atoms with E-state index in [2.05, 4.69) is 10.0 Å². The third kappa shape index (κ3) is 7.90. The number of aliphatic hydroxyl groups excluding tert-OH is 1. The van der Waals surface area contributed by atoms with Crippen LogP contribution >= 0.6 is 11.3 Å². The van der Waals surface area contributed by atoms with Gasteiger partial charge in [-0.05, 0) is 69.8 Å². The highest BCUT2D eigenvalue weighted by atomic mass is 32.2. The molecule has 0 unspecified atom stereocenters. The number of carbonyl (C=O) groups is 1. The van der Waals surface area contributed by atoms with Crippen LogP contribution in [0, 0.1) is 5.92 Å². The zero-order chi connectivity index (χ0) is 27.0. The van der Waals surface area contributed by atoms with Crippen LogP contribution in [0.4, 0.5) is 5.69 Å². The van der Waals surface area contributed by atoms with E-state index in [1.54, 1.807) is 35.4 Å². The number of hydrogen-bond acceptors (Lipinski definition) is 8. The number of nitrogens with zero attached hydrogens (tertiary/aromatic N) is 1. The maximum Gasteiger partial charge on any atom is 0.271 e. The van der Waals surface area contributed by atoms with Crippen molar-refractivity contribution in [2.24, 2.45) is 5.92 Å². The summed E-state index contributed by atoms with van der Waals surface area (Å²) in [6.07, 6.45) is 2.33. The van der Waals surface area contributed by atoms with Crippen LogP contribution in [0.25, 0.3) is 0 Å². The second-order valence-corrected chi connectivity index (χ2v) is 12.5. The summed E-state index contributed by atoms with van der Waals surface area (Å²) >= 11 is 1.11. The van der Waals surface area contributed by atoms with E-state index >= 15 is 0 Å². The molecule has 0 fully saturated rings. The highest BCUT2D eigenvalue weighted by Gasteiger charge is 2.30. The zero-order valence-electron chi connectivity index (χ0n) is 22.0. The Morgan fingerprint density at radius 2 is 2.03 bits per heavy atom. The second-order valence-electron chi connectivity index (χ2n) is 9.61. The van der Waals surface area contributed by atoms with E-state index in [4.69, 9.17) is 9.47 Å². The largest absolute Gasteiger partial charge is 0.490 e. The van der Waals surface area contributed by atoms with Crippen LogP contribution in [-0.2, 0) is 14.8 Å². The van der Waals surface area contributed by atoms with Gasteiger partial charge in [-0.3, -0.25) is 9.52 Å². The van der Waals surface area contributed by atoms with Crippen LogP contribution < -0.4 is 14.8 Å². The minimum Gasteiger partial charge on any atom is -0.490 e. The van der Waals surface area contributed by atoms with E-state index < -0.39 is 16.1 Å². The number of nitrogens with one attached hydrogen (secondary N) is 2. The summed E-state index contributed by atoms with van der Waals surface area (Å²) in [4.78, 5) is 15.6. The molecule has 0 radical (unpaired) electrons. The first-order valence-electron chi connectivity index (χ1n) is 12.7. The number of anilines is 1. The molecule has 1 aromatic heterocycles. The standard InChI is InChI=1S/C26H39N3O6S2/c1-18-16-29(19(2)17-30)26(31)22-14-21(28-37(32,33)25-9-7-13-36-25)10-11-23(22)35-20(3)8-5-6-12-34-24(18)15-27-4/h7,9-11,13-14,18-20,24,27-28,30H,5-6,8,12,15-17H2,1-4H3/t18-,19-,20-,24-/m1/s1. The maximum absolute atomic E-state index is 14.0. The van der Waals surface area contributed by atoms with Gasteiger partial charge in [0.2, 0.25) is 0 Å². The predicted molar refractivity (Wildman–Crippen MR) is 146 cm³/mol. The van der Waals surface area contributed by atoms with Crippen molar-refractivity contribution in [2.45, 2.75) is 62.5 Å². The van der Waals surface area contributed by atoms with Gasteiger partial charge >= 0.3 is 0 Å². The molecule has 3 rings (SSSR count). The highest BCUT2D eigenvalue weighted by molar-refractivity contribution is 7.94.